The summed E-state index contributed by atoms with van der Waals surface area (Å²) in [7, 11) is 1.31. The number of benzene rings is 1. The van der Waals surface area contributed by atoms with Crippen molar-refractivity contribution in [3.05, 3.63) is 56.4 Å². The van der Waals surface area contributed by atoms with E-state index in [0.29, 0.717) is 34.1 Å². The summed E-state index contributed by atoms with van der Waals surface area (Å²) in [5, 5.41) is 0.294. The van der Waals surface area contributed by atoms with Crippen molar-refractivity contribution >= 4 is 39.3 Å². The van der Waals surface area contributed by atoms with E-state index in [9.17, 15) is 14.0 Å². The van der Waals surface area contributed by atoms with Crippen LogP contribution in [0, 0.1) is 12.7 Å². The summed E-state index contributed by atoms with van der Waals surface area (Å²) in [5.41, 5.74) is 1.48. The fourth-order valence-corrected chi connectivity index (χ4v) is 6.29. The Labute approximate surface area is 193 Å². The van der Waals surface area contributed by atoms with E-state index < -0.39 is 17.0 Å². The minimum Gasteiger partial charge on any atom is -0.468 e. The largest absolute Gasteiger partial charge is 0.468 e. The first kappa shape index (κ1) is 22.9. The van der Waals surface area contributed by atoms with Crippen LogP contribution in [0.25, 0.3) is 10.2 Å². The van der Waals surface area contributed by atoms with Gasteiger partial charge in [0.2, 0.25) is 0 Å². The number of thiophene rings is 1. The molecule has 0 N–H and O–H groups in total. The summed E-state index contributed by atoms with van der Waals surface area (Å²) >= 11 is 2.64. The second kappa shape index (κ2) is 9.72. The first-order valence-electron chi connectivity index (χ1n) is 10.6. The van der Waals surface area contributed by atoms with Crippen molar-refractivity contribution in [2.75, 3.05) is 13.7 Å². The molecule has 1 saturated heterocycles. The molecule has 0 saturated carbocycles. The number of nitrogens with zero attached hydrogens (tertiary/aromatic N) is 2. The maximum atomic E-state index is 13.6. The first-order valence-corrected chi connectivity index (χ1v) is 12.3. The van der Waals surface area contributed by atoms with E-state index in [0.717, 1.165) is 41.5 Å². The fraction of sp³-hybridized carbons (Fsp3) is 0.435. The van der Waals surface area contributed by atoms with Gasteiger partial charge in [-0.05, 0) is 49.4 Å². The van der Waals surface area contributed by atoms with Gasteiger partial charge in [0, 0.05) is 11.5 Å². The Morgan fingerprint density at radius 3 is 2.78 bits per heavy atom. The van der Waals surface area contributed by atoms with Gasteiger partial charge in [0.15, 0.2) is 5.16 Å². The van der Waals surface area contributed by atoms with Gasteiger partial charge < -0.3 is 9.47 Å². The Bertz CT molecular complexity index is 1180. The van der Waals surface area contributed by atoms with E-state index in [4.69, 9.17) is 14.5 Å². The van der Waals surface area contributed by atoms with Crippen molar-refractivity contribution in [1.82, 2.24) is 9.55 Å². The van der Waals surface area contributed by atoms with Gasteiger partial charge in [-0.2, -0.15) is 0 Å². The maximum absolute atomic E-state index is 13.6. The number of hydrogen-bond donors (Lipinski definition) is 0. The van der Waals surface area contributed by atoms with Crippen LogP contribution in [0.4, 0.5) is 4.39 Å². The molecule has 2 aromatic heterocycles. The molecule has 3 heterocycles. The lowest BCUT2D eigenvalue weighted by molar-refractivity contribution is -0.140. The minimum absolute atomic E-state index is 0.0708. The number of aryl methyl sites for hydroxylation is 2. The minimum atomic E-state index is -0.785. The van der Waals surface area contributed by atoms with Crippen molar-refractivity contribution in [1.29, 1.82) is 0 Å². The molecule has 4 rings (SSSR count). The van der Waals surface area contributed by atoms with Crippen LogP contribution in [0.2, 0.25) is 0 Å². The molecule has 3 aromatic rings. The topological polar surface area (TPSA) is 70.4 Å². The lowest BCUT2D eigenvalue weighted by Gasteiger charge is -2.19. The highest BCUT2D eigenvalue weighted by molar-refractivity contribution is 8.00. The molecule has 2 atom stereocenters. The zero-order chi connectivity index (χ0) is 22.8. The van der Waals surface area contributed by atoms with Crippen LogP contribution < -0.4 is 5.56 Å². The fourth-order valence-electron chi connectivity index (χ4n) is 4.00. The van der Waals surface area contributed by atoms with Crippen LogP contribution in [0.3, 0.4) is 0 Å². The van der Waals surface area contributed by atoms with E-state index in [-0.39, 0.29) is 11.7 Å². The number of ether oxygens (including phenoxy) is 2. The summed E-state index contributed by atoms with van der Waals surface area (Å²) in [6, 6.07) is 5.71. The molecule has 6 nitrogen and oxygen atoms in total. The summed E-state index contributed by atoms with van der Waals surface area (Å²) < 4.78 is 25.9. The predicted molar refractivity (Wildman–Crippen MR) is 124 cm³/mol. The number of carbonyl (C=O) groups excluding carboxylic acids is 1. The number of thioether (sulfide) groups is 1. The third-order valence-electron chi connectivity index (χ3n) is 5.65. The van der Waals surface area contributed by atoms with Crippen LogP contribution in [0.5, 0.6) is 0 Å². The van der Waals surface area contributed by atoms with Crippen LogP contribution in [0.15, 0.2) is 34.2 Å². The van der Waals surface area contributed by atoms with Crippen LogP contribution >= 0.6 is 23.1 Å². The van der Waals surface area contributed by atoms with Gasteiger partial charge in [-0.3, -0.25) is 14.2 Å². The Kier molecular flexibility index (Phi) is 6.97. The third-order valence-corrected chi connectivity index (χ3v) is 7.92. The van der Waals surface area contributed by atoms with E-state index in [2.05, 4.69) is 0 Å². The van der Waals surface area contributed by atoms with Crippen LogP contribution in [0.1, 0.15) is 41.0 Å². The number of hydrogen-bond acceptors (Lipinski definition) is 7. The van der Waals surface area contributed by atoms with Gasteiger partial charge >= 0.3 is 5.97 Å². The number of halogens is 1. The van der Waals surface area contributed by atoms with Crippen molar-refractivity contribution in [3.63, 3.8) is 0 Å². The molecule has 0 bridgehead atoms. The lowest BCUT2D eigenvalue weighted by Crippen LogP contribution is -2.29. The average Bonchev–Trinajstić information content (AvgIpc) is 3.41. The van der Waals surface area contributed by atoms with Gasteiger partial charge in [0.05, 0.1) is 25.1 Å². The van der Waals surface area contributed by atoms with Gasteiger partial charge in [0.25, 0.3) is 5.56 Å². The number of methoxy groups -OCH3 is 1. The van der Waals surface area contributed by atoms with Crippen LogP contribution in [-0.4, -0.2) is 35.3 Å². The molecule has 1 fully saturated rings. The summed E-state index contributed by atoms with van der Waals surface area (Å²) in [6.45, 7) is 5.08. The standard InChI is InChI=1S/C23H25FN2O4S2/c1-4-17-13(2)31-20-18(17)21(27)26(12-16-6-5-11-30-16)23(25-20)32-19(22(28)29-3)14-7-9-15(24)10-8-14/h7-10,16,19H,4-6,11-12H2,1-3H3. The maximum Gasteiger partial charge on any atom is 0.323 e. The Balaban J connectivity index is 1.84. The number of rotatable bonds is 7. The molecule has 170 valence electrons. The Hall–Kier alpha value is -2.23. The third kappa shape index (κ3) is 4.46. The monoisotopic (exact) mass is 476 g/mol. The zero-order valence-corrected chi connectivity index (χ0v) is 19.9. The molecule has 0 amide bonds. The van der Waals surface area contributed by atoms with Crippen molar-refractivity contribution in [2.45, 2.75) is 56.2 Å². The molecule has 0 spiro atoms. The van der Waals surface area contributed by atoms with Crippen molar-refractivity contribution in [3.8, 4) is 0 Å². The normalized spacial score (nSPS) is 17.1. The number of aromatic nitrogens is 2. The molecule has 1 aliphatic heterocycles. The van der Waals surface area contributed by atoms with E-state index in [1.54, 1.807) is 16.7 Å². The highest BCUT2D eigenvalue weighted by Gasteiger charge is 2.28. The summed E-state index contributed by atoms with van der Waals surface area (Å²) in [4.78, 5) is 32.8. The van der Waals surface area contributed by atoms with E-state index in [1.165, 1.54) is 30.6 Å². The highest BCUT2D eigenvalue weighted by atomic mass is 32.2. The molecule has 1 aromatic carbocycles. The first-order chi connectivity index (χ1) is 15.4. The molecule has 9 heteroatoms. The molecule has 0 radical (unpaired) electrons. The highest BCUT2D eigenvalue weighted by Crippen LogP contribution is 2.37. The van der Waals surface area contributed by atoms with Gasteiger partial charge in [-0.15, -0.1) is 11.3 Å². The summed E-state index contributed by atoms with van der Waals surface area (Å²) in [5.74, 6) is -0.880. The number of esters is 1. The smallest absolute Gasteiger partial charge is 0.323 e. The van der Waals surface area contributed by atoms with Crippen LogP contribution in [-0.2, 0) is 27.2 Å². The second-order valence-electron chi connectivity index (χ2n) is 7.69. The molecule has 1 aliphatic rings. The van der Waals surface area contributed by atoms with Crippen molar-refractivity contribution < 1.29 is 18.7 Å². The Morgan fingerprint density at radius 1 is 1.41 bits per heavy atom. The molecule has 2 unspecified atom stereocenters. The predicted octanol–water partition coefficient (Wildman–Crippen LogP) is 4.65. The molecule has 0 aliphatic carbocycles. The SMILES string of the molecule is CCc1c(C)sc2nc(SC(C(=O)OC)c3ccc(F)cc3)n(CC3CCCO3)c(=O)c12. The number of fused-ring (bicyclic) bond motifs is 1. The van der Waals surface area contributed by atoms with Gasteiger partial charge in [-0.25, -0.2) is 9.37 Å². The van der Waals surface area contributed by atoms with E-state index >= 15 is 0 Å². The average molecular weight is 477 g/mol. The Morgan fingerprint density at radius 2 is 2.16 bits per heavy atom. The molecule has 32 heavy (non-hydrogen) atoms. The van der Waals surface area contributed by atoms with Gasteiger partial charge in [0.1, 0.15) is 15.9 Å². The molecular formula is C23H25FN2O4S2. The van der Waals surface area contributed by atoms with Gasteiger partial charge in [-0.1, -0.05) is 30.8 Å². The second-order valence-corrected chi connectivity index (χ2v) is 9.96. The quantitative estimate of drug-likeness (QED) is 0.281. The zero-order valence-electron chi connectivity index (χ0n) is 18.2. The van der Waals surface area contributed by atoms with Crippen molar-refractivity contribution in [2.24, 2.45) is 0 Å². The lowest BCUT2D eigenvalue weighted by atomic mass is 10.1. The summed E-state index contributed by atoms with van der Waals surface area (Å²) in [6.07, 6.45) is 2.50. The van der Waals surface area contributed by atoms with E-state index in [1.807, 2.05) is 13.8 Å². The number of carbonyl (C=O) groups is 1. The molecular weight excluding hydrogens is 451 g/mol.